The van der Waals surface area contributed by atoms with E-state index in [1.165, 1.54) is 10.6 Å². The lowest BCUT2D eigenvalue weighted by Crippen LogP contribution is -2.19. The second kappa shape index (κ2) is 5.67. The van der Waals surface area contributed by atoms with Crippen LogP contribution in [0.2, 0.25) is 0 Å². The minimum Gasteiger partial charge on any atom is -0.374 e. The number of aromatic nitrogens is 2. The number of methoxy groups -OCH3 is 1. The molecular weight excluding hydrogens is 310 g/mol. The summed E-state index contributed by atoms with van der Waals surface area (Å²) in [4.78, 5) is 4.04. The molecule has 0 radical (unpaired) electrons. The fourth-order valence-electron chi connectivity index (χ4n) is 2.66. The molecule has 1 aromatic carbocycles. The van der Waals surface area contributed by atoms with Crippen molar-refractivity contribution in [1.29, 1.82) is 0 Å². The van der Waals surface area contributed by atoms with Crippen molar-refractivity contribution in [2.45, 2.75) is 32.3 Å². The summed E-state index contributed by atoms with van der Waals surface area (Å²) < 4.78 is 34.3. The first kappa shape index (κ1) is 16.6. The van der Waals surface area contributed by atoms with Gasteiger partial charge in [-0.3, -0.25) is 4.40 Å². The smallest absolute Gasteiger partial charge is 0.286 e. The number of imidazole rings is 1. The van der Waals surface area contributed by atoms with E-state index in [1.807, 2.05) is 44.2 Å². The number of hydrogen-bond donors (Lipinski definition) is 0. The molecule has 0 fully saturated rings. The van der Waals surface area contributed by atoms with Crippen LogP contribution in [0.1, 0.15) is 32.0 Å². The Kier molecular flexibility index (Phi) is 3.92. The molecule has 0 saturated carbocycles. The van der Waals surface area contributed by atoms with Gasteiger partial charge in [-0.2, -0.15) is 8.78 Å². The van der Waals surface area contributed by atoms with Gasteiger partial charge in [-0.05, 0) is 42.7 Å². The van der Waals surface area contributed by atoms with Crippen LogP contribution in [0.4, 0.5) is 8.78 Å². The maximum absolute atomic E-state index is 13.7. The first-order chi connectivity index (χ1) is 11.2. The fraction of sp³-hybridized carbons (Fsp3) is 0.316. The highest BCUT2D eigenvalue weighted by atomic mass is 19.3. The molecule has 0 amide bonds. The first-order valence-corrected chi connectivity index (χ1v) is 7.74. The highest BCUT2D eigenvalue weighted by Crippen LogP contribution is 2.30. The Morgan fingerprint density at radius 3 is 2.17 bits per heavy atom. The van der Waals surface area contributed by atoms with E-state index < -0.39 is 5.92 Å². The molecular formula is C19H20F2N2O. The molecule has 0 saturated heterocycles. The number of hydrogen-bond acceptors (Lipinski definition) is 2. The van der Waals surface area contributed by atoms with Crippen molar-refractivity contribution >= 4 is 5.65 Å². The third kappa shape index (κ3) is 2.91. The number of benzene rings is 1. The van der Waals surface area contributed by atoms with Crippen LogP contribution >= 0.6 is 0 Å². The Morgan fingerprint density at radius 1 is 0.958 bits per heavy atom. The van der Waals surface area contributed by atoms with E-state index in [9.17, 15) is 8.78 Å². The van der Waals surface area contributed by atoms with E-state index in [0.29, 0.717) is 5.65 Å². The van der Waals surface area contributed by atoms with Crippen molar-refractivity contribution in [2.75, 3.05) is 7.11 Å². The van der Waals surface area contributed by atoms with Gasteiger partial charge in [0.25, 0.3) is 5.92 Å². The predicted octanol–water partition coefficient (Wildman–Crippen LogP) is 4.99. The van der Waals surface area contributed by atoms with E-state index in [4.69, 9.17) is 4.74 Å². The third-order valence-corrected chi connectivity index (χ3v) is 4.38. The highest BCUT2D eigenvalue weighted by Gasteiger charge is 2.28. The van der Waals surface area contributed by atoms with Crippen molar-refractivity contribution in [3.05, 3.63) is 60.0 Å². The minimum absolute atomic E-state index is 0.114. The number of fused-ring (bicyclic) bond motifs is 1. The number of rotatable bonds is 4. The number of halogens is 2. The maximum Gasteiger partial charge on any atom is 0.286 e. The molecule has 2 aromatic heterocycles. The van der Waals surface area contributed by atoms with Crippen molar-refractivity contribution < 1.29 is 13.5 Å². The van der Waals surface area contributed by atoms with Gasteiger partial charge in [-0.15, -0.1) is 0 Å². The van der Waals surface area contributed by atoms with Crippen LogP contribution in [0.5, 0.6) is 0 Å². The Balaban J connectivity index is 2.04. The lowest BCUT2D eigenvalue weighted by molar-refractivity contribution is 0.0119. The molecule has 0 atom stereocenters. The maximum atomic E-state index is 13.7. The summed E-state index contributed by atoms with van der Waals surface area (Å²) in [6.45, 7) is 4.87. The van der Waals surface area contributed by atoms with Gasteiger partial charge in [0, 0.05) is 20.2 Å². The predicted molar refractivity (Wildman–Crippen MR) is 90.2 cm³/mol. The van der Waals surface area contributed by atoms with Crippen LogP contribution < -0.4 is 0 Å². The summed E-state index contributed by atoms with van der Waals surface area (Å²) in [5, 5.41) is 0. The van der Waals surface area contributed by atoms with Gasteiger partial charge in [0.1, 0.15) is 11.3 Å². The third-order valence-electron chi connectivity index (χ3n) is 4.38. The van der Waals surface area contributed by atoms with Gasteiger partial charge < -0.3 is 4.74 Å². The van der Waals surface area contributed by atoms with Crippen LogP contribution in [-0.2, 0) is 16.3 Å². The number of ether oxygens (including phenoxy) is 1. The fourth-order valence-corrected chi connectivity index (χ4v) is 2.66. The molecule has 3 rings (SSSR count). The summed E-state index contributed by atoms with van der Waals surface area (Å²) in [5.74, 6) is -2.94. The molecule has 3 nitrogen and oxygen atoms in total. The molecule has 126 valence electrons. The normalized spacial score (nSPS) is 12.8. The van der Waals surface area contributed by atoms with Gasteiger partial charge in [0.05, 0.1) is 11.8 Å². The zero-order chi connectivity index (χ0) is 17.5. The topological polar surface area (TPSA) is 26.5 Å². The van der Waals surface area contributed by atoms with Crippen LogP contribution in [0, 0.1) is 0 Å². The molecule has 0 aliphatic carbocycles. The van der Waals surface area contributed by atoms with Crippen LogP contribution in [0.15, 0.2) is 48.8 Å². The Bertz CT molecular complexity index is 861. The number of nitrogens with zero attached hydrogens (tertiary/aromatic N) is 2. The van der Waals surface area contributed by atoms with Gasteiger partial charge in [0.15, 0.2) is 0 Å². The molecule has 0 N–H and O–H groups in total. The minimum atomic E-state index is -2.94. The molecule has 0 spiro atoms. The van der Waals surface area contributed by atoms with Crippen LogP contribution in [-0.4, -0.2) is 16.5 Å². The van der Waals surface area contributed by atoms with Crippen LogP contribution in [0.25, 0.3) is 16.8 Å². The quantitative estimate of drug-likeness (QED) is 0.673. The van der Waals surface area contributed by atoms with Gasteiger partial charge in [0.2, 0.25) is 0 Å². The van der Waals surface area contributed by atoms with Crippen LogP contribution in [0.3, 0.4) is 0 Å². The molecule has 24 heavy (non-hydrogen) atoms. The molecule has 5 heteroatoms. The lowest BCUT2D eigenvalue weighted by Gasteiger charge is -2.23. The van der Waals surface area contributed by atoms with Gasteiger partial charge in [-0.25, -0.2) is 4.98 Å². The summed E-state index contributed by atoms with van der Waals surface area (Å²) in [6, 6.07) is 11.6. The molecule has 2 heterocycles. The van der Waals surface area contributed by atoms with E-state index in [1.54, 1.807) is 19.4 Å². The first-order valence-electron chi connectivity index (χ1n) is 7.74. The summed E-state index contributed by atoms with van der Waals surface area (Å²) in [5.41, 5.74) is 2.88. The van der Waals surface area contributed by atoms with Crippen molar-refractivity contribution in [2.24, 2.45) is 0 Å². The second-order valence-corrected chi connectivity index (χ2v) is 6.47. The zero-order valence-corrected chi connectivity index (χ0v) is 14.2. The molecule has 0 unspecified atom stereocenters. The molecule has 0 aliphatic rings. The number of alkyl halides is 2. The van der Waals surface area contributed by atoms with E-state index in [2.05, 4.69) is 4.98 Å². The van der Waals surface area contributed by atoms with E-state index in [0.717, 1.165) is 23.6 Å². The van der Waals surface area contributed by atoms with E-state index in [-0.39, 0.29) is 11.3 Å². The van der Waals surface area contributed by atoms with Crippen molar-refractivity contribution in [1.82, 2.24) is 9.38 Å². The Morgan fingerprint density at radius 2 is 1.58 bits per heavy atom. The Labute approximate surface area is 139 Å². The standard InChI is InChI=1S/C19H20F2N2O/c1-18(2,24-4)15-8-5-13(6-9-15)14-7-10-17-22-11-16(19(3,20)21)23(17)12-14/h5-12H,1-4H3. The zero-order valence-electron chi connectivity index (χ0n) is 14.2. The van der Waals surface area contributed by atoms with Crippen molar-refractivity contribution in [3.8, 4) is 11.1 Å². The second-order valence-electron chi connectivity index (χ2n) is 6.47. The summed E-state index contributed by atoms with van der Waals surface area (Å²) in [7, 11) is 1.67. The average Bonchev–Trinajstić information content (AvgIpc) is 2.98. The number of pyridine rings is 1. The highest BCUT2D eigenvalue weighted by molar-refractivity contribution is 5.65. The largest absolute Gasteiger partial charge is 0.374 e. The molecule has 0 aliphatic heterocycles. The lowest BCUT2D eigenvalue weighted by atomic mass is 9.95. The van der Waals surface area contributed by atoms with Gasteiger partial charge >= 0.3 is 0 Å². The van der Waals surface area contributed by atoms with E-state index >= 15 is 0 Å². The average molecular weight is 330 g/mol. The SMILES string of the molecule is COC(C)(C)c1ccc(-c2ccc3ncc(C(C)(F)F)n3c2)cc1. The van der Waals surface area contributed by atoms with Crippen molar-refractivity contribution in [3.63, 3.8) is 0 Å². The Hall–Kier alpha value is -2.27. The molecule has 3 aromatic rings. The monoisotopic (exact) mass is 330 g/mol. The molecule has 0 bridgehead atoms. The van der Waals surface area contributed by atoms with Gasteiger partial charge in [-0.1, -0.05) is 24.3 Å². The summed E-state index contributed by atoms with van der Waals surface area (Å²) in [6.07, 6.45) is 2.93. The summed E-state index contributed by atoms with van der Waals surface area (Å²) >= 11 is 0.